The lowest BCUT2D eigenvalue weighted by Crippen LogP contribution is -2.34. The number of hydrogen-bond donors (Lipinski definition) is 2. The van der Waals surface area contributed by atoms with Crippen molar-refractivity contribution in [3.8, 4) is 0 Å². The van der Waals surface area contributed by atoms with Crippen LogP contribution in [0.15, 0.2) is 41.6 Å². The summed E-state index contributed by atoms with van der Waals surface area (Å²) in [6, 6.07) is 10.4. The predicted octanol–water partition coefficient (Wildman–Crippen LogP) is 6.33. The van der Waals surface area contributed by atoms with E-state index in [1.54, 1.807) is 12.1 Å². The zero-order chi connectivity index (χ0) is 26.4. The van der Waals surface area contributed by atoms with E-state index < -0.39 is 6.04 Å². The number of benzene rings is 2. The Balaban J connectivity index is 1.75. The van der Waals surface area contributed by atoms with E-state index in [1.807, 2.05) is 50.5 Å². The molecule has 1 heterocycles. The monoisotopic (exact) mass is 547 g/mol. The predicted molar refractivity (Wildman–Crippen MR) is 147 cm³/mol. The van der Waals surface area contributed by atoms with Gasteiger partial charge in [-0.15, -0.1) is 10.2 Å². The molecule has 1 atom stereocenters. The quantitative estimate of drug-likeness (QED) is 0.289. The molecule has 2 aromatic carbocycles. The lowest BCUT2D eigenvalue weighted by molar-refractivity contribution is -0.113. The van der Waals surface area contributed by atoms with Crippen molar-refractivity contribution in [2.75, 3.05) is 11.1 Å². The maximum atomic E-state index is 13.0. The van der Waals surface area contributed by atoms with Gasteiger partial charge < -0.3 is 15.2 Å². The lowest BCUT2D eigenvalue weighted by Gasteiger charge is -2.23. The zero-order valence-corrected chi connectivity index (χ0v) is 23.4. The number of anilines is 1. The highest BCUT2D eigenvalue weighted by Crippen LogP contribution is 2.28. The Morgan fingerprint density at radius 2 is 1.86 bits per heavy atom. The highest BCUT2D eigenvalue weighted by Gasteiger charge is 2.27. The fraction of sp³-hybridized carbons (Fsp3) is 0.385. The molecule has 0 aliphatic rings. The van der Waals surface area contributed by atoms with Crippen LogP contribution in [0.3, 0.4) is 0 Å². The van der Waals surface area contributed by atoms with Gasteiger partial charge >= 0.3 is 0 Å². The molecule has 3 aromatic rings. The van der Waals surface area contributed by atoms with Crippen LogP contribution in [0.2, 0.25) is 10.0 Å². The van der Waals surface area contributed by atoms with Crippen LogP contribution in [-0.2, 0) is 17.8 Å². The van der Waals surface area contributed by atoms with Crippen LogP contribution in [-0.4, -0.2) is 32.3 Å². The molecule has 192 valence electrons. The number of amides is 2. The Morgan fingerprint density at radius 1 is 1.11 bits per heavy atom. The number of nitrogens with zero attached hydrogens (tertiary/aromatic N) is 3. The largest absolute Gasteiger partial charge is 0.342 e. The molecule has 0 bridgehead atoms. The molecule has 0 saturated heterocycles. The van der Waals surface area contributed by atoms with E-state index in [2.05, 4.69) is 27.8 Å². The van der Waals surface area contributed by atoms with Crippen LogP contribution in [0.4, 0.5) is 5.69 Å². The molecule has 0 fully saturated rings. The van der Waals surface area contributed by atoms with E-state index in [0.717, 1.165) is 23.2 Å². The number of aryl methyl sites for hydroxylation is 2. The summed E-state index contributed by atoms with van der Waals surface area (Å²) < 4.78 is 1.93. The van der Waals surface area contributed by atoms with Gasteiger partial charge in [0.1, 0.15) is 0 Å². The smallest absolute Gasteiger partial charge is 0.253 e. The minimum atomic E-state index is -0.404. The summed E-state index contributed by atoms with van der Waals surface area (Å²) in [5.41, 5.74) is 3.33. The van der Waals surface area contributed by atoms with Gasteiger partial charge in [-0.1, -0.05) is 73.9 Å². The minimum Gasteiger partial charge on any atom is -0.342 e. The average Bonchev–Trinajstić information content (AvgIpc) is 3.24. The van der Waals surface area contributed by atoms with Gasteiger partial charge in [0.25, 0.3) is 5.91 Å². The van der Waals surface area contributed by atoms with Crippen LogP contribution < -0.4 is 10.6 Å². The second kappa shape index (κ2) is 12.6. The van der Waals surface area contributed by atoms with Crippen molar-refractivity contribution in [2.24, 2.45) is 5.92 Å². The normalized spacial score (nSPS) is 12.0. The highest BCUT2D eigenvalue weighted by atomic mass is 35.5. The molecule has 0 aliphatic heterocycles. The Bertz CT molecular complexity index is 1250. The molecule has 2 amide bonds. The summed E-state index contributed by atoms with van der Waals surface area (Å²) in [5, 5.41) is 16.2. The number of aromatic nitrogens is 3. The third kappa shape index (κ3) is 6.60. The van der Waals surface area contributed by atoms with E-state index in [-0.39, 0.29) is 28.5 Å². The molecule has 10 heteroatoms. The first-order valence-electron chi connectivity index (χ1n) is 11.9. The standard InChI is InChI=1S/C26H31Cl2N5O2S/c1-6-17-10-8-9-16(5)23(17)29-21(34)14-36-26-32-31-24(33(26)7-2)22(15(3)4)30-25(35)19-12-11-18(27)13-20(19)28/h8-13,15,22H,6-7,14H2,1-5H3,(H,29,34)(H,30,35). The number of carbonyl (C=O) groups is 2. The molecule has 1 unspecified atom stereocenters. The number of carbonyl (C=O) groups excluding carboxylic acids is 2. The minimum absolute atomic E-state index is 0.0317. The average molecular weight is 549 g/mol. The van der Waals surface area contributed by atoms with Gasteiger partial charge in [-0.25, -0.2) is 0 Å². The van der Waals surface area contributed by atoms with Crippen molar-refractivity contribution in [3.63, 3.8) is 0 Å². The topological polar surface area (TPSA) is 88.9 Å². The van der Waals surface area contributed by atoms with E-state index in [1.165, 1.54) is 17.8 Å². The van der Waals surface area contributed by atoms with Crippen LogP contribution in [0.1, 0.15) is 61.0 Å². The first kappa shape index (κ1) is 28.0. The van der Waals surface area contributed by atoms with Crippen molar-refractivity contribution in [3.05, 3.63) is 69.0 Å². The van der Waals surface area contributed by atoms with Gasteiger partial charge in [0.15, 0.2) is 11.0 Å². The molecular formula is C26H31Cl2N5O2S. The Hall–Kier alpha value is -2.55. The third-order valence-electron chi connectivity index (χ3n) is 5.81. The van der Waals surface area contributed by atoms with Gasteiger partial charge in [0.2, 0.25) is 5.91 Å². The first-order chi connectivity index (χ1) is 17.2. The van der Waals surface area contributed by atoms with Crippen molar-refractivity contribution in [1.29, 1.82) is 0 Å². The van der Waals surface area contributed by atoms with Crippen LogP contribution >= 0.6 is 35.0 Å². The van der Waals surface area contributed by atoms with Crippen molar-refractivity contribution in [1.82, 2.24) is 20.1 Å². The fourth-order valence-electron chi connectivity index (χ4n) is 3.86. The number of para-hydroxylation sites is 1. The van der Waals surface area contributed by atoms with E-state index >= 15 is 0 Å². The molecule has 0 aliphatic carbocycles. The second-order valence-electron chi connectivity index (χ2n) is 8.70. The summed E-state index contributed by atoms with van der Waals surface area (Å²) in [7, 11) is 0. The van der Waals surface area contributed by atoms with Gasteiger partial charge in [0, 0.05) is 17.3 Å². The zero-order valence-electron chi connectivity index (χ0n) is 21.1. The van der Waals surface area contributed by atoms with E-state index in [9.17, 15) is 9.59 Å². The Morgan fingerprint density at radius 3 is 2.50 bits per heavy atom. The number of hydrogen-bond acceptors (Lipinski definition) is 5. The van der Waals surface area contributed by atoms with Crippen molar-refractivity contribution in [2.45, 2.75) is 58.8 Å². The highest BCUT2D eigenvalue weighted by molar-refractivity contribution is 7.99. The molecule has 1 aromatic heterocycles. The number of halogens is 2. The number of nitrogens with one attached hydrogen (secondary N) is 2. The van der Waals surface area contributed by atoms with Gasteiger partial charge in [-0.05, 0) is 55.5 Å². The van der Waals surface area contributed by atoms with E-state index in [0.29, 0.717) is 28.1 Å². The molecular weight excluding hydrogens is 517 g/mol. The van der Waals surface area contributed by atoms with Crippen LogP contribution in [0.25, 0.3) is 0 Å². The molecule has 2 N–H and O–H groups in total. The number of rotatable bonds is 10. The Kier molecular flexibility index (Phi) is 9.82. The van der Waals surface area contributed by atoms with E-state index in [4.69, 9.17) is 23.2 Å². The summed E-state index contributed by atoms with van der Waals surface area (Å²) in [6.07, 6.45) is 0.835. The van der Waals surface area contributed by atoms with Gasteiger partial charge in [-0.2, -0.15) is 0 Å². The van der Waals surface area contributed by atoms with Crippen molar-refractivity contribution >= 4 is 52.5 Å². The van der Waals surface area contributed by atoms with Gasteiger partial charge in [-0.3, -0.25) is 9.59 Å². The van der Waals surface area contributed by atoms with Gasteiger partial charge in [0.05, 0.1) is 22.4 Å². The third-order valence-corrected chi connectivity index (χ3v) is 7.32. The summed E-state index contributed by atoms with van der Waals surface area (Å²) in [4.78, 5) is 25.7. The Labute approximate surface area is 226 Å². The maximum absolute atomic E-state index is 13.0. The fourth-order valence-corrected chi connectivity index (χ4v) is 5.17. The first-order valence-corrected chi connectivity index (χ1v) is 13.6. The summed E-state index contributed by atoms with van der Waals surface area (Å²) >= 11 is 13.5. The van der Waals surface area contributed by atoms with Crippen LogP contribution in [0.5, 0.6) is 0 Å². The second-order valence-corrected chi connectivity index (χ2v) is 10.5. The van der Waals surface area contributed by atoms with Crippen molar-refractivity contribution < 1.29 is 9.59 Å². The summed E-state index contributed by atoms with van der Waals surface area (Å²) in [6.45, 7) is 10.6. The SMILES string of the molecule is CCc1cccc(C)c1NC(=O)CSc1nnc(C(NC(=O)c2ccc(Cl)cc2Cl)C(C)C)n1CC. The molecule has 3 rings (SSSR count). The number of thioether (sulfide) groups is 1. The maximum Gasteiger partial charge on any atom is 0.253 e. The lowest BCUT2D eigenvalue weighted by atomic mass is 10.0. The molecule has 7 nitrogen and oxygen atoms in total. The van der Waals surface area contributed by atoms with Crippen LogP contribution in [0, 0.1) is 12.8 Å². The molecule has 0 saturated carbocycles. The molecule has 0 spiro atoms. The molecule has 0 radical (unpaired) electrons. The summed E-state index contributed by atoms with van der Waals surface area (Å²) in [5.74, 6) is 0.418. The molecule has 36 heavy (non-hydrogen) atoms.